The van der Waals surface area contributed by atoms with Gasteiger partial charge in [-0.15, -0.1) is 0 Å². The molecular formula is C5H12N4S. The van der Waals surface area contributed by atoms with Gasteiger partial charge in [0.1, 0.15) is 0 Å². The average molecular weight is 160 g/mol. The Morgan fingerprint density at radius 3 is 2.90 bits per heavy atom. The predicted octanol–water partition coefficient (Wildman–Crippen LogP) is 2.59. The van der Waals surface area contributed by atoms with E-state index >= 15 is 0 Å². The van der Waals surface area contributed by atoms with Crippen LogP contribution in [-0.4, -0.2) is 17.9 Å². The summed E-state index contributed by atoms with van der Waals surface area (Å²) in [6.07, 6.45) is 2.31. The van der Waals surface area contributed by atoms with Gasteiger partial charge in [0.15, 0.2) is 0 Å². The lowest BCUT2D eigenvalue weighted by Gasteiger charge is -2.09. The molecule has 0 fully saturated rings. The van der Waals surface area contributed by atoms with E-state index in [-0.39, 0.29) is 0 Å². The smallest absolute Gasteiger partial charge is 0.0184 e. The summed E-state index contributed by atoms with van der Waals surface area (Å²) in [6, 6.07) is 0. The largest absolute Gasteiger partial charge is 0.247 e. The van der Waals surface area contributed by atoms with Crippen molar-refractivity contribution in [2.24, 2.45) is 4.52 Å². The minimum Gasteiger partial charge on any atom is -0.247 e. The van der Waals surface area contributed by atoms with E-state index in [1.807, 2.05) is 11.4 Å². The molecule has 0 amide bonds. The Balaban J connectivity index is 3.24. The van der Waals surface area contributed by atoms with E-state index in [2.05, 4.69) is 16.4 Å². The number of nitrogens with zero attached hydrogens (tertiary/aromatic N) is 4. The van der Waals surface area contributed by atoms with Crippen LogP contribution in [-0.2, 0) is 0 Å². The van der Waals surface area contributed by atoms with Gasteiger partial charge in [0, 0.05) is 23.6 Å². The number of hydrogen-bond acceptors (Lipinski definition) is 3. The summed E-state index contributed by atoms with van der Waals surface area (Å²) in [5, 5.41) is 0. The highest BCUT2D eigenvalue weighted by Crippen LogP contribution is 2.08. The molecule has 4 nitrogen and oxygen atoms in total. The lowest BCUT2D eigenvalue weighted by atomic mass is 10.3. The molecule has 0 unspecified atom stereocenters. The lowest BCUT2D eigenvalue weighted by Crippen LogP contribution is -2.08. The summed E-state index contributed by atoms with van der Waals surface area (Å²) in [7, 11) is 1.91. The number of hydrogen-bond donors (Lipinski definition) is 0. The standard InChI is InChI=1S/C5H12N4S/c1-3-4-5-9(2)10-8-7-6/h3-5H2,1-2H3. The molecule has 0 aliphatic rings. The molecule has 0 rings (SSSR count). The van der Waals surface area contributed by atoms with Crippen molar-refractivity contribution in [3.8, 4) is 0 Å². The van der Waals surface area contributed by atoms with Gasteiger partial charge in [-0.2, -0.15) is 0 Å². The molecule has 0 aromatic carbocycles. The fraction of sp³-hybridized carbons (Fsp3) is 1.00. The van der Waals surface area contributed by atoms with Crippen molar-refractivity contribution in [1.82, 2.24) is 4.31 Å². The van der Waals surface area contributed by atoms with Gasteiger partial charge in [-0.05, 0) is 23.5 Å². The van der Waals surface area contributed by atoms with Crippen LogP contribution in [0.25, 0.3) is 10.4 Å². The minimum atomic E-state index is 0.972. The van der Waals surface area contributed by atoms with Gasteiger partial charge < -0.3 is 0 Å². The predicted molar refractivity (Wildman–Crippen MR) is 44.3 cm³/mol. The summed E-state index contributed by atoms with van der Waals surface area (Å²) < 4.78 is 5.27. The van der Waals surface area contributed by atoms with E-state index in [1.165, 1.54) is 6.42 Å². The summed E-state index contributed by atoms with van der Waals surface area (Å²) in [6.45, 7) is 3.10. The van der Waals surface area contributed by atoms with Crippen LogP contribution < -0.4 is 0 Å². The molecule has 0 aromatic heterocycles. The first-order valence-corrected chi connectivity index (χ1v) is 3.97. The van der Waals surface area contributed by atoms with E-state index in [0.717, 1.165) is 25.1 Å². The van der Waals surface area contributed by atoms with Crippen molar-refractivity contribution in [3.63, 3.8) is 0 Å². The average Bonchev–Trinajstić information content (AvgIpc) is 1.97. The Bertz CT molecular complexity index is 121. The molecule has 0 saturated carbocycles. The highest BCUT2D eigenvalue weighted by Gasteiger charge is 1.93. The third kappa shape index (κ3) is 5.75. The second-order valence-electron chi connectivity index (χ2n) is 1.96. The van der Waals surface area contributed by atoms with E-state index < -0.39 is 0 Å². The molecule has 0 saturated heterocycles. The summed E-state index contributed by atoms with van der Waals surface area (Å²) in [5.41, 5.74) is 7.95. The second-order valence-corrected chi connectivity index (χ2v) is 2.91. The van der Waals surface area contributed by atoms with Crippen molar-refractivity contribution in [2.45, 2.75) is 19.8 Å². The SMILES string of the molecule is CCCCN(C)SN=[N+]=[N-]. The van der Waals surface area contributed by atoms with Crippen molar-refractivity contribution < 1.29 is 0 Å². The van der Waals surface area contributed by atoms with Crippen molar-refractivity contribution in [1.29, 1.82) is 0 Å². The van der Waals surface area contributed by atoms with Gasteiger partial charge in [0.05, 0.1) is 0 Å². The Morgan fingerprint density at radius 2 is 2.40 bits per heavy atom. The minimum absolute atomic E-state index is 0.972. The van der Waals surface area contributed by atoms with Crippen LogP contribution in [0.15, 0.2) is 4.52 Å². The topological polar surface area (TPSA) is 52.0 Å². The monoisotopic (exact) mass is 160 g/mol. The van der Waals surface area contributed by atoms with Crippen molar-refractivity contribution >= 4 is 12.1 Å². The molecule has 0 aliphatic heterocycles. The fourth-order valence-corrected chi connectivity index (χ4v) is 0.868. The summed E-state index contributed by atoms with van der Waals surface area (Å²) >= 11 is 1.16. The zero-order chi connectivity index (χ0) is 7.82. The van der Waals surface area contributed by atoms with Crippen LogP contribution in [0.5, 0.6) is 0 Å². The number of rotatable bonds is 5. The van der Waals surface area contributed by atoms with Gasteiger partial charge in [0.2, 0.25) is 0 Å². The van der Waals surface area contributed by atoms with E-state index in [4.69, 9.17) is 5.53 Å². The molecule has 0 radical (unpaired) electrons. The number of unbranched alkanes of at least 4 members (excludes halogenated alkanes) is 1. The van der Waals surface area contributed by atoms with Crippen LogP contribution >= 0.6 is 12.1 Å². The normalized spacial score (nSPS) is 9.50. The molecular weight excluding hydrogens is 148 g/mol. The first kappa shape index (κ1) is 9.62. The molecule has 0 spiro atoms. The quantitative estimate of drug-likeness (QED) is 0.268. The zero-order valence-electron chi connectivity index (χ0n) is 6.32. The maximum atomic E-state index is 7.95. The Kier molecular flexibility index (Phi) is 6.48. The second kappa shape index (κ2) is 6.74. The van der Waals surface area contributed by atoms with Crippen LogP contribution in [0.3, 0.4) is 0 Å². The van der Waals surface area contributed by atoms with Crippen molar-refractivity contribution in [2.75, 3.05) is 13.6 Å². The third-order valence-corrected chi connectivity index (χ3v) is 1.65. The maximum absolute atomic E-state index is 7.95. The lowest BCUT2D eigenvalue weighted by molar-refractivity contribution is 0.537. The first-order chi connectivity index (χ1) is 4.81. The summed E-state index contributed by atoms with van der Waals surface area (Å²) in [4.78, 5) is 2.63. The van der Waals surface area contributed by atoms with Crippen LogP contribution in [0.2, 0.25) is 0 Å². The van der Waals surface area contributed by atoms with Gasteiger partial charge in [-0.25, -0.2) is 4.31 Å². The van der Waals surface area contributed by atoms with Crippen LogP contribution in [0.4, 0.5) is 0 Å². The molecule has 0 heterocycles. The number of azide groups is 1. The van der Waals surface area contributed by atoms with Gasteiger partial charge in [-0.3, -0.25) is 0 Å². The molecule has 0 aromatic rings. The van der Waals surface area contributed by atoms with Crippen molar-refractivity contribution in [3.05, 3.63) is 10.4 Å². The first-order valence-electron chi connectivity index (χ1n) is 3.24. The van der Waals surface area contributed by atoms with E-state index in [1.54, 1.807) is 0 Å². The third-order valence-electron chi connectivity index (χ3n) is 1.04. The molecule has 58 valence electrons. The maximum Gasteiger partial charge on any atom is 0.0184 e. The zero-order valence-corrected chi connectivity index (χ0v) is 7.13. The highest BCUT2D eigenvalue weighted by molar-refractivity contribution is 7.95. The molecule has 0 N–H and O–H groups in total. The Morgan fingerprint density at radius 1 is 1.70 bits per heavy atom. The summed E-state index contributed by atoms with van der Waals surface area (Å²) in [5.74, 6) is 0. The highest BCUT2D eigenvalue weighted by atomic mass is 32.2. The molecule has 0 bridgehead atoms. The molecule has 10 heavy (non-hydrogen) atoms. The molecule has 0 aliphatic carbocycles. The van der Waals surface area contributed by atoms with E-state index in [9.17, 15) is 0 Å². The van der Waals surface area contributed by atoms with Gasteiger partial charge in [0.25, 0.3) is 0 Å². The van der Waals surface area contributed by atoms with E-state index in [0.29, 0.717) is 0 Å². The van der Waals surface area contributed by atoms with Crippen LogP contribution in [0, 0.1) is 0 Å². The van der Waals surface area contributed by atoms with Gasteiger partial charge in [-0.1, -0.05) is 13.3 Å². The molecule has 0 atom stereocenters. The Hall–Kier alpha value is -0.380. The van der Waals surface area contributed by atoms with Gasteiger partial charge >= 0.3 is 0 Å². The van der Waals surface area contributed by atoms with Crippen LogP contribution in [0.1, 0.15) is 19.8 Å². The Labute approximate surface area is 65.5 Å². The molecule has 5 heteroatoms. The fourth-order valence-electron chi connectivity index (χ4n) is 0.500.